The Labute approximate surface area is 145 Å². The molecule has 0 aliphatic carbocycles. The van der Waals surface area contributed by atoms with Crippen molar-refractivity contribution in [2.45, 2.75) is 40.2 Å². The minimum absolute atomic E-state index is 0.107. The van der Waals surface area contributed by atoms with Crippen LogP contribution in [0, 0.1) is 25.6 Å². The predicted octanol–water partition coefficient (Wildman–Crippen LogP) is 2.40. The van der Waals surface area contributed by atoms with E-state index in [1.54, 1.807) is 37.6 Å². The maximum absolute atomic E-state index is 13.1. The quantitative estimate of drug-likeness (QED) is 0.840. The van der Waals surface area contributed by atoms with Gasteiger partial charge in [-0.25, -0.2) is 9.07 Å². The molecule has 1 amide bonds. The molecule has 2 rings (SSSR count). The number of nitrogens with one attached hydrogen (secondary N) is 1. The van der Waals surface area contributed by atoms with Crippen LogP contribution in [0.2, 0.25) is 0 Å². The Balaban J connectivity index is 2.16. The number of benzene rings is 1. The number of hydrogen-bond acceptors (Lipinski definition) is 3. The van der Waals surface area contributed by atoms with Crippen molar-refractivity contribution in [3.63, 3.8) is 0 Å². The van der Waals surface area contributed by atoms with Crippen molar-refractivity contribution in [1.29, 1.82) is 0 Å². The largest absolute Gasteiger partial charge is 0.481 e. The Morgan fingerprint density at radius 3 is 2.40 bits per heavy atom. The number of nitrogens with zero attached hydrogens (tertiary/aromatic N) is 2. The lowest BCUT2D eigenvalue weighted by Crippen LogP contribution is -2.40. The number of halogens is 1. The van der Waals surface area contributed by atoms with E-state index < -0.39 is 17.9 Å². The highest BCUT2D eigenvalue weighted by Crippen LogP contribution is 2.19. The van der Waals surface area contributed by atoms with Crippen molar-refractivity contribution in [3.8, 4) is 5.69 Å². The Bertz CT molecular complexity index is 784. The summed E-state index contributed by atoms with van der Waals surface area (Å²) < 4.78 is 14.7. The molecule has 25 heavy (non-hydrogen) atoms. The summed E-state index contributed by atoms with van der Waals surface area (Å²) in [6.45, 7) is 6.86. The summed E-state index contributed by atoms with van der Waals surface area (Å²) in [6, 6.07) is 5.47. The third kappa shape index (κ3) is 4.23. The zero-order valence-corrected chi connectivity index (χ0v) is 14.7. The number of carbonyl (C=O) groups is 2. The zero-order chi connectivity index (χ0) is 18.7. The van der Waals surface area contributed by atoms with Crippen LogP contribution in [0.15, 0.2) is 24.3 Å². The molecule has 0 aliphatic heterocycles. The summed E-state index contributed by atoms with van der Waals surface area (Å²) in [4.78, 5) is 23.2. The number of aliphatic carboxylic acids is 1. The number of carboxylic acids is 1. The number of amides is 1. The monoisotopic (exact) mass is 347 g/mol. The van der Waals surface area contributed by atoms with E-state index in [9.17, 15) is 14.0 Å². The molecule has 1 heterocycles. The van der Waals surface area contributed by atoms with E-state index in [2.05, 4.69) is 10.4 Å². The van der Waals surface area contributed by atoms with Gasteiger partial charge in [-0.05, 0) is 52.0 Å². The van der Waals surface area contributed by atoms with E-state index in [0.717, 1.165) is 11.3 Å². The number of rotatable bonds is 6. The van der Waals surface area contributed by atoms with Crippen molar-refractivity contribution in [3.05, 3.63) is 47.0 Å². The SMILES string of the molecule is Cc1nn(-c2ccc(F)cc2)c(C)c1CC(=O)NC(C)C(C)C(=O)O. The molecule has 7 heteroatoms. The van der Waals surface area contributed by atoms with Crippen LogP contribution in [0.5, 0.6) is 0 Å². The third-order valence-corrected chi connectivity index (χ3v) is 4.38. The van der Waals surface area contributed by atoms with Gasteiger partial charge in [-0.1, -0.05) is 0 Å². The van der Waals surface area contributed by atoms with E-state index in [1.807, 2.05) is 6.92 Å². The molecule has 0 spiro atoms. The Kier molecular flexibility index (Phi) is 5.56. The molecule has 2 N–H and O–H groups in total. The van der Waals surface area contributed by atoms with Gasteiger partial charge in [0, 0.05) is 17.3 Å². The van der Waals surface area contributed by atoms with Crippen molar-refractivity contribution < 1.29 is 19.1 Å². The number of aryl methyl sites for hydroxylation is 1. The van der Waals surface area contributed by atoms with Gasteiger partial charge in [0.1, 0.15) is 5.82 Å². The highest BCUT2D eigenvalue weighted by Gasteiger charge is 2.22. The second-order valence-corrected chi connectivity index (χ2v) is 6.20. The second kappa shape index (κ2) is 7.46. The molecule has 0 fully saturated rings. The lowest BCUT2D eigenvalue weighted by atomic mass is 10.0. The average molecular weight is 347 g/mol. The Morgan fingerprint density at radius 2 is 1.84 bits per heavy atom. The topological polar surface area (TPSA) is 84.2 Å². The predicted molar refractivity (Wildman–Crippen MR) is 91.1 cm³/mol. The van der Waals surface area contributed by atoms with Crippen LogP contribution in [0.4, 0.5) is 4.39 Å². The van der Waals surface area contributed by atoms with Crippen LogP contribution < -0.4 is 5.32 Å². The van der Waals surface area contributed by atoms with Gasteiger partial charge in [-0.3, -0.25) is 9.59 Å². The van der Waals surface area contributed by atoms with Gasteiger partial charge in [-0.2, -0.15) is 5.10 Å². The molecule has 0 radical (unpaired) electrons. The first-order chi connectivity index (χ1) is 11.7. The Morgan fingerprint density at radius 1 is 1.24 bits per heavy atom. The van der Waals surface area contributed by atoms with E-state index >= 15 is 0 Å². The summed E-state index contributed by atoms with van der Waals surface area (Å²) in [6.07, 6.45) is 0.107. The lowest BCUT2D eigenvalue weighted by molar-refractivity contribution is -0.142. The van der Waals surface area contributed by atoms with Gasteiger partial charge in [-0.15, -0.1) is 0 Å². The van der Waals surface area contributed by atoms with Gasteiger partial charge < -0.3 is 10.4 Å². The Hall–Kier alpha value is -2.70. The van der Waals surface area contributed by atoms with Crippen molar-refractivity contribution in [2.24, 2.45) is 5.92 Å². The molecule has 1 aromatic heterocycles. The van der Waals surface area contributed by atoms with E-state index in [0.29, 0.717) is 11.4 Å². The first kappa shape index (κ1) is 18.6. The van der Waals surface area contributed by atoms with Crippen LogP contribution >= 0.6 is 0 Å². The molecule has 2 unspecified atom stereocenters. The molecule has 6 nitrogen and oxygen atoms in total. The molecule has 0 saturated carbocycles. The molecule has 2 atom stereocenters. The van der Waals surface area contributed by atoms with Crippen LogP contribution in [0.25, 0.3) is 5.69 Å². The summed E-state index contributed by atoms with van der Waals surface area (Å²) in [7, 11) is 0. The molecule has 0 bridgehead atoms. The van der Waals surface area contributed by atoms with Crippen molar-refractivity contribution in [2.75, 3.05) is 0 Å². The fourth-order valence-electron chi connectivity index (χ4n) is 2.57. The van der Waals surface area contributed by atoms with Gasteiger partial charge in [0.2, 0.25) is 5.91 Å². The lowest BCUT2D eigenvalue weighted by Gasteiger charge is -2.17. The number of hydrogen-bond donors (Lipinski definition) is 2. The minimum Gasteiger partial charge on any atom is -0.481 e. The fraction of sp³-hybridized carbons (Fsp3) is 0.389. The van der Waals surface area contributed by atoms with Gasteiger partial charge in [0.05, 0.1) is 23.7 Å². The smallest absolute Gasteiger partial charge is 0.308 e. The summed E-state index contributed by atoms with van der Waals surface area (Å²) in [5, 5.41) is 16.1. The van der Waals surface area contributed by atoms with Crippen LogP contribution in [-0.2, 0) is 16.0 Å². The van der Waals surface area contributed by atoms with Gasteiger partial charge >= 0.3 is 5.97 Å². The second-order valence-electron chi connectivity index (χ2n) is 6.20. The van der Waals surface area contributed by atoms with Gasteiger partial charge in [0.15, 0.2) is 0 Å². The molecule has 2 aromatic rings. The van der Waals surface area contributed by atoms with E-state index in [4.69, 9.17) is 5.11 Å². The first-order valence-electron chi connectivity index (χ1n) is 8.04. The number of carboxylic acid groups (broad SMARTS) is 1. The normalized spacial score (nSPS) is 13.3. The summed E-state index contributed by atoms with van der Waals surface area (Å²) >= 11 is 0. The number of carbonyl (C=O) groups excluding carboxylic acids is 1. The standard InChI is InChI=1S/C18H22FN3O3/c1-10(18(24)25)11(2)20-17(23)9-16-12(3)21-22(13(16)4)15-7-5-14(19)6-8-15/h5-8,10-11H,9H2,1-4H3,(H,20,23)(H,24,25). The summed E-state index contributed by atoms with van der Waals surface area (Å²) in [5.41, 5.74) is 2.98. The maximum atomic E-state index is 13.1. The highest BCUT2D eigenvalue weighted by atomic mass is 19.1. The van der Waals surface area contributed by atoms with Crippen molar-refractivity contribution >= 4 is 11.9 Å². The molecule has 1 aromatic carbocycles. The first-order valence-corrected chi connectivity index (χ1v) is 8.04. The molecular weight excluding hydrogens is 325 g/mol. The van der Waals surface area contributed by atoms with Crippen molar-refractivity contribution in [1.82, 2.24) is 15.1 Å². The molecule has 0 aliphatic rings. The van der Waals surface area contributed by atoms with Crippen LogP contribution in [0.1, 0.15) is 30.8 Å². The van der Waals surface area contributed by atoms with Crippen LogP contribution in [0.3, 0.4) is 0 Å². The summed E-state index contributed by atoms with van der Waals surface area (Å²) in [5.74, 6) is -2.21. The van der Waals surface area contributed by atoms with Crippen LogP contribution in [-0.4, -0.2) is 32.8 Å². The molecular formula is C18H22FN3O3. The zero-order valence-electron chi connectivity index (χ0n) is 14.7. The molecule has 0 saturated heterocycles. The highest BCUT2D eigenvalue weighted by molar-refractivity contribution is 5.80. The minimum atomic E-state index is -0.954. The molecule has 134 valence electrons. The van der Waals surface area contributed by atoms with E-state index in [-0.39, 0.29) is 18.1 Å². The average Bonchev–Trinajstić information content (AvgIpc) is 2.82. The number of aromatic nitrogens is 2. The van der Waals surface area contributed by atoms with E-state index in [1.165, 1.54) is 12.1 Å². The van der Waals surface area contributed by atoms with Gasteiger partial charge in [0.25, 0.3) is 0 Å². The third-order valence-electron chi connectivity index (χ3n) is 4.38. The maximum Gasteiger partial charge on any atom is 0.308 e. The fourth-order valence-corrected chi connectivity index (χ4v) is 2.57.